The van der Waals surface area contributed by atoms with Crippen LogP contribution in [0.2, 0.25) is 0 Å². The fraction of sp³-hybridized carbons (Fsp3) is 0.257. The highest BCUT2D eigenvalue weighted by molar-refractivity contribution is 5.96. The minimum atomic E-state index is -0.763. The van der Waals surface area contributed by atoms with Gasteiger partial charge in [-0.2, -0.15) is 0 Å². The van der Waals surface area contributed by atoms with E-state index in [2.05, 4.69) is 13.2 Å². The van der Waals surface area contributed by atoms with E-state index in [0.717, 1.165) is 5.56 Å². The first-order chi connectivity index (χ1) is 20.4. The lowest BCUT2D eigenvalue weighted by molar-refractivity contribution is -0.141. The third-order valence-electron chi connectivity index (χ3n) is 6.57. The molecule has 8 nitrogen and oxygen atoms in total. The van der Waals surface area contributed by atoms with Crippen molar-refractivity contribution < 1.29 is 33.3 Å². The van der Waals surface area contributed by atoms with E-state index in [1.54, 1.807) is 36.4 Å². The van der Waals surface area contributed by atoms with E-state index < -0.39 is 16.6 Å². The van der Waals surface area contributed by atoms with Gasteiger partial charge in [-0.15, -0.1) is 0 Å². The van der Waals surface area contributed by atoms with Crippen LogP contribution >= 0.6 is 0 Å². The number of carbonyl (C=O) groups excluding carboxylic acids is 1. The van der Waals surface area contributed by atoms with Crippen LogP contribution in [0.3, 0.4) is 0 Å². The lowest BCUT2D eigenvalue weighted by Crippen LogP contribution is -2.25. The van der Waals surface area contributed by atoms with Crippen molar-refractivity contribution in [1.29, 1.82) is 0 Å². The minimum Gasteiger partial charge on any atom is -0.507 e. The first-order valence-corrected chi connectivity index (χ1v) is 13.8. The molecule has 43 heavy (non-hydrogen) atoms. The molecule has 0 fully saturated rings. The number of carbonyl (C=O) groups is 1. The number of phenols is 1. The summed E-state index contributed by atoms with van der Waals surface area (Å²) < 4.78 is 29.6. The molecular weight excluding hydrogens is 548 g/mol. The van der Waals surface area contributed by atoms with Gasteiger partial charge >= 0.3 is 5.97 Å². The lowest BCUT2D eigenvalue weighted by Gasteiger charge is -2.24. The predicted octanol–water partition coefficient (Wildman–Crippen LogP) is 7.06. The number of esters is 1. The van der Waals surface area contributed by atoms with Crippen LogP contribution in [0.15, 0.2) is 101 Å². The molecule has 0 atom stereocenters. The molecule has 0 radical (unpaired) electrons. The maximum absolute atomic E-state index is 13.5. The fourth-order valence-corrected chi connectivity index (χ4v) is 4.12. The summed E-state index contributed by atoms with van der Waals surface area (Å²) in [5.41, 5.74) is -0.818. The van der Waals surface area contributed by atoms with Gasteiger partial charge in [0.05, 0.1) is 11.8 Å². The number of phenolic OH excluding ortho intramolecular Hbond substituents is 1. The van der Waals surface area contributed by atoms with E-state index in [9.17, 15) is 14.7 Å². The van der Waals surface area contributed by atoms with Gasteiger partial charge in [0.2, 0.25) is 11.2 Å². The van der Waals surface area contributed by atoms with Crippen LogP contribution in [0, 0.1) is 0 Å². The standard InChI is InChI=1S/C35H36O8/c1-7-34(3,4)42-24-21-26(36)30-28(22-24)41-32-25(31(30)38)16-17-27(43-35(5,6)8-2)33(32)40-19-13-12-18-39-29(37)20-23-14-10-9-11-15-23/h7-17,21-22,36H,1-2,18-20H2,3-6H3/b13-12+. The first-order valence-electron chi connectivity index (χ1n) is 13.8. The number of fused-ring (bicyclic) bond motifs is 2. The second kappa shape index (κ2) is 12.9. The Morgan fingerprint density at radius 2 is 1.60 bits per heavy atom. The van der Waals surface area contributed by atoms with Gasteiger partial charge in [0.15, 0.2) is 11.3 Å². The summed E-state index contributed by atoms with van der Waals surface area (Å²) >= 11 is 0. The Balaban J connectivity index is 1.64. The summed E-state index contributed by atoms with van der Waals surface area (Å²) in [6.07, 6.45) is 6.80. The highest BCUT2D eigenvalue weighted by atomic mass is 16.5. The molecule has 1 heterocycles. The summed E-state index contributed by atoms with van der Waals surface area (Å²) in [5.74, 6) is 0.194. The van der Waals surface area contributed by atoms with Crippen molar-refractivity contribution >= 4 is 27.9 Å². The minimum absolute atomic E-state index is 0.0134. The first kappa shape index (κ1) is 31.0. The van der Waals surface area contributed by atoms with Crippen molar-refractivity contribution in [3.05, 3.63) is 108 Å². The molecule has 1 N–H and O–H groups in total. The van der Waals surface area contributed by atoms with Gasteiger partial charge < -0.3 is 28.5 Å². The van der Waals surface area contributed by atoms with Crippen molar-refractivity contribution in [3.8, 4) is 23.0 Å². The van der Waals surface area contributed by atoms with Gasteiger partial charge in [-0.25, -0.2) is 0 Å². The maximum atomic E-state index is 13.5. The molecule has 1 aromatic heterocycles. The average Bonchev–Trinajstić information content (AvgIpc) is 2.95. The molecule has 0 amide bonds. The second-order valence-corrected chi connectivity index (χ2v) is 11.0. The van der Waals surface area contributed by atoms with E-state index in [1.165, 1.54) is 12.1 Å². The van der Waals surface area contributed by atoms with Gasteiger partial charge in [-0.1, -0.05) is 43.5 Å². The van der Waals surface area contributed by atoms with E-state index >= 15 is 0 Å². The van der Waals surface area contributed by atoms with Crippen molar-refractivity contribution in [2.45, 2.75) is 45.3 Å². The Labute approximate surface area is 250 Å². The molecule has 0 saturated carbocycles. The molecule has 0 unspecified atom stereocenters. The SMILES string of the molecule is C=CC(C)(C)Oc1cc(O)c2c(=O)c3ccc(OC(C)(C)C=C)c(OC/C=C/COC(=O)Cc4ccccc4)c3oc2c1. The van der Waals surface area contributed by atoms with Gasteiger partial charge in [0.1, 0.15) is 46.9 Å². The third kappa shape index (κ3) is 7.65. The van der Waals surface area contributed by atoms with Crippen LogP contribution < -0.4 is 19.6 Å². The third-order valence-corrected chi connectivity index (χ3v) is 6.57. The highest BCUT2D eigenvalue weighted by Gasteiger charge is 2.24. The van der Waals surface area contributed by atoms with Crippen LogP contribution in [-0.2, 0) is 16.0 Å². The number of rotatable bonds is 13. The number of ether oxygens (including phenoxy) is 4. The number of hydrogen-bond donors (Lipinski definition) is 1. The van der Waals surface area contributed by atoms with E-state index in [4.69, 9.17) is 23.4 Å². The van der Waals surface area contributed by atoms with Crippen LogP contribution in [0.25, 0.3) is 21.9 Å². The topological polar surface area (TPSA) is 104 Å². The van der Waals surface area contributed by atoms with E-state index in [0.29, 0.717) is 11.5 Å². The molecule has 4 rings (SSSR count). The molecule has 4 aromatic rings. The molecule has 0 aliphatic carbocycles. The quantitative estimate of drug-likeness (QED) is 0.101. The largest absolute Gasteiger partial charge is 0.507 e. The second-order valence-electron chi connectivity index (χ2n) is 11.0. The van der Waals surface area contributed by atoms with Crippen LogP contribution in [0.1, 0.15) is 33.3 Å². The monoisotopic (exact) mass is 584 g/mol. The van der Waals surface area contributed by atoms with Crippen LogP contribution in [-0.4, -0.2) is 35.5 Å². The van der Waals surface area contributed by atoms with Crippen molar-refractivity contribution in [3.63, 3.8) is 0 Å². The van der Waals surface area contributed by atoms with Gasteiger partial charge in [-0.3, -0.25) is 9.59 Å². The van der Waals surface area contributed by atoms with Crippen molar-refractivity contribution in [1.82, 2.24) is 0 Å². The molecule has 0 saturated heterocycles. The molecule has 0 spiro atoms. The lowest BCUT2D eigenvalue weighted by atomic mass is 10.1. The van der Waals surface area contributed by atoms with Gasteiger partial charge in [0.25, 0.3) is 0 Å². The normalized spacial score (nSPS) is 11.9. The molecule has 3 aromatic carbocycles. The summed E-state index contributed by atoms with van der Waals surface area (Å²) in [6.45, 7) is 15.0. The maximum Gasteiger partial charge on any atom is 0.310 e. The molecule has 0 aliphatic rings. The molecule has 0 aliphatic heterocycles. The Morgan fingerprint density at radius 3 is 2.30 bits per heavy atom. The zero-order valence-electron chi connectivity index (χ0n) is 24.8. The van der Waals surface area contributed by atoms with Crippen molar-refractivity contribution in [2.75, 3.05) is 13.2 Å². The van der Waals surface area contributed by atoms with E-state index in [1.807, 2.05) is 58.0 Å². The fourth-order valence-electron chi connectivity index (χ4n) is 4.12. The molecule has 224 valence electrons. The highest BCUT2D eigenvalue weighted by Crippen LogP contribution is 2.40. The molecule has 8 heteroatoms. The summed E-state index contributed by atoms with van der Waals surface area (Å²) in [7, 11) is 0. The summed E-state index contributed by atoms with van der Waals surface area (Å²) in [6, 6.07) is 15.4. The molecule has 0 bridgehead atoms. The Hall–Kier alpha value is -4.98. The summed E-state index contributed by atoms with van der Waals surface area (Å²) in [5, 5.41) is 10.9. The number of aromatic hydroxyl groups is 1. The van der Waals surface area contributed by atoms with Crippen molar-refractivity contribution in [2.24, 2.45) is 0 Å². The summed E-state index contributed by atoms with van der Waals surface area (Å²) in [4.78, 5) is 25.6. The smallest absolute Gasteiger partial charge is 0.310 e. The zero-order chi connectivity index (χ0) is 31.2. The van der Waals surface area contributed by atoms with Crippen LogP contribution in [0.5, 0.6) is 23.0 Å². The van der Waals surface area contributed by atoms with Gasteiger partial charge in [0, 0.05) is 12.1 Å². The Bertz CT molecular complexity index is 1730. The number of hydrogen-bond acceptors (Lipinski definition) is 8. The zero-order valence-corrected chi connectivity index (χ0v) is 24.8. The predicted molar refractivity (Wildman–Crippen MR) is 167 cm³/mol. The van der Waals surface area contributed by atoms with E-state index in [-0.39, 0.29) is 59.0 Å². The van der Waals surface area contributed by atoms with Gasteiger partial charge in [-0.05, 0) is 69.7 Å². The Morgan fingerprint density at radius 1 is 0.930 bits per heavy atom. The number of benzene rings is 3. The Kier molecular flexibility index (Phi) is 9.29. The molecular formula is C35H36O8. The average molecular weight is 585 g/mol. The van der Waals surface area contributed by atoms with Crippen LogP contribution in [0.4, 0.5) is 0 Å².